The summed E-state index contributed by atoms with van der Waals surface area (Å²) >= 11 is 7.40. The smallest absolute Gasteiger partial charge is 0.250 e. The minimum absolute atomic E-state index is 0.209. The molecule has 1 N–H and O–H groups in total. The second kappa shape index (κ2) is 6.94. The van der Waals surface area contributed by atoms with Gasteiger partial charge in [-0.25, -0.2) is 4.98 Å². The second-order valence-electron chi connectivity index (χ2n) is 5.05. The monoisotopic (exact) mass is 342 g/mol. The lowest BCUT2D eigenvalue weighted by molar-refractivity contribution is -0.111. The minimum atomic E-state index is -0.209. The van der Waals surface area contributed by atoms with Gasteiger partial charge in [-0.2, -0.15) is 0 Å². The van der Waals surface area contributed by atoms with Crippen molar-refractivity contribution in [1.29, 1.82) is 0 Å². The zero-order chi connectivity index (χ0) is 16.2. The predicted molar refractivity (Wildman–Crippen MR) is 98.1 cm³/mol. The first-order chi connectivity index (χ1) is 11.1. The molecule has 0 aliphatic rings. The maximum absolute atomic E-state index is 12.0. The van der Waals surface area contributed by atoms with Gasteiger partial charge in [0.05, 0.1) is 10.2 Å². The van der Waals surface area contributed by atoms with Crippen LogP contribution >= 0.6 is 22.9 Å². The average Bonchev–Trinajstić information content (AvgIpc) is 2.94. The molecule has 1 aromatic heterocycles. The van der Waals surface area contributed by atoms with E-state index in [0.717, 1.165) is 22.2 Å². The summed E-state index contributed by atoms with van der Waals surface area (Å²) in [6.07, 6.45) is 4.19. The summed E-state index contributed by atoms with van der Waals surface area (Å²) in [5.74, 6) is -0.209. The van der Waals surface area contributed by atoms with Crippen molar-refractivity contribution in [3.63, 3.8) is 0 Å². The number of anilines is 1. The van der Waals surface area contributed by atoms with Gasteiger partial charge < -0.3 is 0 Å². The third-order valence-corrected chi connectivity index (χ3v) is 4.54. The molecule has 0 saturated heterocycles. The van der Waals surface area contributed by atoms with Crippen molar-refractivity contribution in [3.8, 4) is 0 Å². The van der Waals surface area contributed by atoms with Crippen LogP contribution in [0, 0.1) is 0 Å². The Bertz CT molecular complexity index is 886. The quantitative estimate of drug-likeness (QED) is 0.665. The molecule has 0 unspecified atom stereocenters. The molecule has 3 nitrogen and oxygen atoms in total. The van der Waals surface area contributed by atoms with E-state index in [2.05, 4.69) is 29.4 Å². The van der Waals surface area contributed by atoms with Crippen molar-refractivity contribution in [2.24, 2.45) is 0 Å². The maximum Gasteiger partial charge on any atom is 0.250 e. The highest BCUT2D eigenvalue weighted by Gasteiger charge is 2.06. The summed E-state index contributed by atoms with van der Waals surface area (Å²) in [5, 5.41) is 4.05. The van der Waals surface area contributed by atoms with E-state index in [-0.39, 0.29) is 5.91 Å². The maximum atomic E-state index is 12.0. The van der Waals surface area contributed by atoms with Crippen LogP contribution < -0.4 is 5.32 Å². The van der Waals surface area contributed by atoms with Crippen molar-refractivity contribution in [2.45, 2.75) is 13.3 Å². The molecule has 5 heteroatoms. The number of amides is 1. The second-order valence-corrected chi connectivity index (χ2v) is 6.52. The summed E-state index contributed by atoms with van der Waals surface area (Å²) < 4.78 is 1.08. The SMILES string of the molecule is CCc1ccc2nc(NC(=O)/C=C/c3cccc(Cl)c3)sc2c1. The van der Waals surface area contributed by atoms with E-state index in [1.165, 1.54) is 23.0 Å². The number of fused-ring (bicyclic) bond motifs is 1. The fraction of sp³-hybridized carbons (Fsp3) is 0.111. The Morgan fingerprint density at radius 3 is 2.96 bits per heavy atom. The van der Waals surface area contributed by atoms with Gasteiger partial charge in [0.1, 0.15) is 0 Å². The van der Waals surface area contributed by atoms with Crippen molar-refractivity contribution < 1.29 is 4.79 Å². The summed E-state index contributed by atoms with van der Waals surface area (Å²) in [6, 6.07) is 13.5. The molecule has 0 spiro atoms. The van der Waals surface area contributed by atoms with Crippen LogP contribution in [-0.4, -0.2) is 10.9 Å². The normalized spacial score (nSPS) is 11.2. The van der Waals surface area contributed by atoms with E-state index in [1.54, 1.807) is 18.2 Å². The molecule has 3 rings (SSSR count). The summed E-state index contributed by atoms with van der Waals surface area (Å²) in [6.45, 7) is 2.12. The van der Waals surface area contributed by atoms with Gasteiger partial charge in [0.2, 0.25) is 5.91 Å². The lowest BCUT2D eigenvalue weighted by Crippen LogP contribution is -2.07. The Kier molecular flexibility index (Phi) is 4.74. The van der Waals surface area contributed by atoms with Crippen LogP contribution in [0.5, 0.6) is 0 Å². The predicted octanol–water partition coefficient (Wildman–Crippen LogP) is 5.16. The number of nitrogens with one attached hydrogen (secondary N) is 1. The minimum Gasteiger partial charge on any atom is -0.298 e. The highest BCUT2D eigenvalue weighted by Crippen LogP contribution is 2.27. The molecule has 0 aliphatic carbocycles. The average molecular weight is 343 g/mol. The Balaban J connectivity index is 1.72. The van der Waals surface area contributed by atoms with Crippen LogP contribution in [0.15, 0.2) is 48.5 Å². The lowest BCUT2D eigenvalue weighted by atomic mass is 10.2. The molecule has 116 valence electrons. The number of aryl methyl sites for hydroxylation is 1. The van der Waals surface area contributed by atoms with Gasteiger partial charge in [0.25, 0.3) is 0 Å². The number of nitrogens with zero attached hydrogens (tertiary/aromatic N) is 1. The molecule has 23 heavy (non-hydrogen) atoms. The Morgan fingerprint density at radius 2 is 2.17 bits per heavy atom. The van der Waals surface area contributed by atoms with Crippen molar-refractivity contribution in [2.75, 3.05) is 5.32 Å². The molecule has 1 amide bonds. The number of carbonyl (C=O) groups is 1. The number of aromatic nitrogens is 1. The molecule has 0 fully saturated rings. The van der Waals surface area contributed by atoms with Crippen LogP contribution in [0.3, 0.4) is 0 Å². The van der Waals surface area contributed by atoms with E-state index in [0.29, 0.717) is 10.2 Å². The topological polar surface area (TPSA) is 42.0 Å². The van der Waals surface area contributed by atoms with Gasteiger partial charge in [-0.1, -0.05) is 48.1 Å². The molecular formula is C18H15ClN2OS. The van der Waals surface area contributed by atoms with Gasteiger partial charge in [-0.15, -0.1) is 0 Å². The summed E-state index contributed by atoms with van der Waals surface area (Å²) in [7, 11) is 0. The van der Waals surface area contributed by atoms with Crippen LogP contribution in [0.4, 0.5) is 5.13 Å². The summed E-state index contributed by atoms with van der Waals surface area (Å²) in [5.41, 5.74) is 3.05. The van der Waals surface area contributed by atoms with Crippen LogP contribution in [-0.2, 0) is 11.2 Å². The molecule has 3 aromatic rings. The van der Waals surface area contributed by atoms with Gasteiger partial charge >= 0.3 is 0 Å². The van der Waals surface area contributed by atoms with Gasteiger partial charge in [-0.3, -0.25) is 10.1 Å². The standard InChI is InChI=1S/C18H15ClN2OS/c1-2-12-6-8-15-16(11-12)23-18(20-15)21-17(22)9-7-13-4-3-5-14(19)10-13/h3-11H,2H2,1H3,(H,20,21,22)/b9-7+. The Hall–Kier alpha value is -2.17. The summed E-state index contributed by atoms with van der Waals surface area (Å²) in [4.78, 5) is 16.4. The van der Waals surface area contributed by atoms with Crippen molar-refractivity contribution >= 4 is 50.3 Å². The molecule has 0 saturated carbocycles. The number of thiazole rings is 1. The molecule has 0 atom stereocenters. The first-order valence-corrected chi connectivity index (χ1v) is 8.47. The number of hydrogen-bond acceptors (Lipinski definition) is 3. The largest absolute Gasteiger partial charge is 0.298 e. The van der Waals surface area contributed by atoms with Gasteiger partial charge in [0, 0.05) is 11.1 Å². The van der Waals surface area contributed by atoms with Gasteiger partial charge in [0.15, 0.2) is 5.13 Å². The van der Waals surface area contributed by atoms with Crippen molar-refractivity contribution in [1.82, 2.24) is 4.98 Å². The third-order valence-electron chi connectivity index (χ3n) is 3.37. The number of rotatable bonds is 4. The molecule has 0 radical (unpaired) electrons. The Labute approximate surface area is 143 Å². The van der Waals surface area contributed by atoms with Crippen LogP contribution in [0.2, 0.25) is 5.02 Å². The highest BCUT2D eigenvalue weighted by atomic mass is 35.5. The molecular weight excluding hydrogens is 328 g/mol. The number of carbonyl (C=O) groups excluding carboxylic acids is 1. The fourth-order valence-electron chi connectivity index (χ4n) is 2.17. The van der Waals surface area contributed by atoms with Gasteiger partial charge in [-0.05, 0) is 47.9 Å². The molecule has 2 aromatic carbocycles. The Morgan fingerprint density at radius 1 is 1.30 bits per heavy atom. The van der Waals surface area contributed by atoms with Crippen LogP contribution in [0.1, 0.15) is 18.1 Å². The number of hydrogen-bond donors (Lipinski definition) is 1. The molecule has 0 aliphatic heterocycles. The lowest BCUT2D eigenvalue weighted by Gasteiger charge is -1.96. The fourth-order valence-corrected chi connectivity index (χ4v) is 3.30. The van der Waals surface area contributed by atoms with Crippen LogP contribution in [0.25, 0.3) is 16.3 Å². The first kappa shape index (κ1) is 15.7. The van der Waals surface area contributed by atoms with E-state index in [4.69, 9.17) is 11.6 Å². The number of benzene rings is 2. The zero-order valence-corrected chi connectivity index (χ0v) is 14.1. The number of halogens is 1. The molecule has 0 bridgehead atoms. The third kappa shape index (κ3) is 3.97. The van der Waals surface area contributed by atoms with E-state index >= 15 is 0 Å². The van der Waals surface area contributed by atoms with E-state index in [9.17, 15) is 4.79 Å². The van der Waals surface area contributed by atoms with E-state index < -0.39 is 0 Å². The zero-order valence-electron chi connectivity index (χ0n) is 12.5. The first-order valence-electron chi connectivity index (χ1n) is 7.28. The van der Waals surface area contributed by atoms with Crippen molar-refractivity contribution in [3.05, 3.63) is 64.7 Å². The molecule has 1 heterocycles. The van der Waals surface area contributed by atoms with E-state index in [1.807, 2.05) is 18.2 Å². The highest BCUT2D eigenvalue weighted by molar-refractivity contribution is 7.22.